The van der Waals surface area contributed by atoms with Crippen LogP contribution in [0.1, 0.15) is 60.3 Å². The highest BCUT2D eigenvalue weighted by atomic mass is 15.1. The van der Waals surface area contributed by atoms with Crippen molar-refractivity contribution < 1.29 is 0 Å². The van der Waals surface area contributed by atoms with E-state index >= 15 is 0 Å². The van der Waals surface area contributed by atoms with E-state index in [1.54, 1.807) is 0 Å². The van der Waals surface area contributed by atoms with E-state index in [2.05, 4.69) is 44.8 Å². The summed E-state index contributed by atoms with van der Waals surface area (Å²) in [7, 11) is 0. The van der Waals surface area contributed by atoms with Gasteiger partial charge in [-0.05, 0) is 58.5 Å². The number of piperidine rings is 1. The van der Waals surface area contributed by atoms with Crippen LogP contribution in [0.2, 0.25) is 0 Å². The Morgan fingerprint density at radius 1 is 1.00 bits per heavy atom. The van der Waals surface area contributed by atoms with Gasteiger partial charge in [-0.15, -0.1) is 0 Å². The monoisotopic (exact) mass is 240 g/mol. The third kappa shape index (κ3) is 5.87. The SMILES string of the molecule is CCC(C)(CNC(C)(C)C)CN1CCCCC1. The lowest BCUT2D eigenvalue weighted by Crippen LogP contribution is -2.48. The number of hydrogen-bond acceptors (Lipinski definition) is 2. The summed E-state index contributed by atoms with van der Waals surface area (Å²) in [4.78, 5) is 2.66. The van der Waals surface area contributed by atoms with E-state index < -0.39 is 0 Å². The van der Waals surface area contributed by atoms with Crippen molar-refractivity contribution in [2.75, 3.05) is 26.2 Å². The quantitative estimate of drug-likeness (QED) is 0.793. The topological polar surface area (TPSA) is 15.3 Å². The Morgan fingerprint density at radius 2 is 1.59 bits per heavy atom. The molecule has 1 atom stereocenters. The molecule has 0 saturated carbocycles. The molecule has 1 saturated heterocycles. The number of rotatable bonds is 5. The van der Waals surface area contributed by atoms with E-state index in [9.17, 15) is 0 Å². The molecule has 1 N–H and O–H groups in total. The molecule has 2 nitrogen and oxygen atoms in total. The Morgan fingerprint density at radius 3 is 2.06 bits per heavy atom. The predicted molar refractivity (Wildman–Crippen MR) is 76.4 cm³/mol. The summed E-state index contributed by atoms with van der Waals surface area (Å²) in [6.45, 7) is 16.5. The maximum atomic E-state index is 3.68. The average molecular weight is 240 g/mol. The molecule has 0 aromatic rings. The van der Waals surface area contributed by atoms with Gasteiger partial charge in [-0.1, -0.05) is 20.3 Å². The van der Waals surface area contributed by atoms with Crippen LogP contribution in [0.3, 0.4) is 0 Å². The van der Waals surface area contributed by atoms with Crippen molar-refractivity contribution in [1.29, 1.82) is 0 Å². The molecule has 0 aromatic carbocycles. The second-order valence-corrected chi connectivity index (χ2v) is 7.10. The smallest absolute Gasteiger partial charge is 0.00967 e. The molecule has 1 heterocycles. The summed E-state index contributed by atoms with van der Waals surface area (Å²) >= 11 is 0. The van der Waals surface area contributed by atoms with Gasteiger partial charge in [0.25, 0.3) is 0 Å². The Bertz CT molecular complexity index is 213. The second-order valence-electron chi connectivity index (χ2n) is 7.10. The lowest BCUT2D eigenvalue weighted by Gasteiger charge is -2.38. The molecule has 1 aliphatic rings. The predicted octanol–water partition coefficient (Wildman–Crippen LogP) is 3.28. The van der Waals surface area contributed by atoms with Crippen LogP contribution in [0.5, 0.6) is 0 Å². The van der Waals surface area contributed by atoms with E-state index in [4.69, 9.17) is 0 Å². The fourth-order valence-electron chi connectivity index (χ4n) is 2.43. The molecule has 2 heteroatoms. The van der Waals surface area contributed by atoms with Crippen molar-refractivity contribution in [3.05, 3.63) is 0 Å². The van der Waals surface area contributed by atoms with Crippen LogP contribution in [0.15, 0.2) is 0 Å². The molecular formula is C15H32N2. The van der Waals surface area contributed by atoms with Gasteiger partial charge in [-0.2, -0.15) is 0 Å². The fraction of sp³-hybridized carbons (Fsp3) is 1.00. The lowest BCUT2D eigenvalue weighted by atomic mass is 9.85. The van der Waals surface area contributed by atoms with E-state index in [1.165, 1.54) is 45.3 Å². The minimum absolute atomic E-state index is 0.234. The van der Waals surface area contributed by atoms with Crippen LogP contribution in [0.4, 0.5) is 0 Å². The van der Waals surface area contributed by atoms with Crippen molar-refractivity contribution in [2.24, 2.45) is 5.41 Å². The second kappa shape index (κ2) is 6.19. The molecule has 1 rings (SSSR count). The molecule has 1 aliphatic heterocycles. The van der Waals surface area contributed by atoms with E-state index in [-0.39, 0.29) is 5.54 Å². The first-order valence-electron chi connectivity index (χ1n) is 7.32. The van der Waals surface area contributed by atoms with Gasteiger partial charge in [0.15, 0.2) is 0 Å². The minimum atomic E-state index is 0.234. The highest BCUT2D eigenvalue weighted by Gasteiger charge is 2.27. The molecule has 0 radical (unpaired) electrons. The number of nitrogens with one attached hydrogen (secondary N) is 1. The summed E-state index contributed by atoms with van der Waals surface area (Å²) in [5.41, 5.74) is 0.656. The van der Waals surface area contributed by atoms with E-state index in [0.29, 0.717) is 5.41 Å². The van der Waals surface area contributed by atoms with Crippen LogP contribution in [-0.4, -0.2) is 36.6 Å². The molecular weight excluding hydrogens is 208 g/mol. The maximum Gasteiger partial charge on any atom is 0.00967 e. The molecule has 1 unspecified atom stereocenters. The van der Waals surface area contributed by atoms with Gasteiger partial charge in [0.05, 0.1) is 0 Å². The molecule has 0 aromatic heterocycles. The Balaban J connectivity index is 2.43. The summed E-state index contributed by atoms with van der Waals surface area (Å²) in [6.07, 6.45) is 5.48. The van der Waals surface area contributed by atoms with Gasteiger partial charge in [-0.25, -0.2) is 0 Å². The Labute approximate surface area is 108 Å². The van der Waals surface area contributed by atoms with Gasteiger partial charge in [-0.3, -0.25) is 0 Å². The summed E-state index contributed by atoms with van der Waals surface area (Å²) in [6, 6.07) is 0. The molecule has 17 heavy (non-hydrogen) atoms. The highest BCUT2D eigenvalue weighted by Crippen LogP contribution is 2.24. The highest BCUT2D eigenvalue weighted by molar-refractivity contribution is 4.84. The van der Waals surface area contributed by atoms with Gasteiger partial charge in [0.2, 0.25) is 0 Å². The van der Waals surface area contributed by atoms with Crippen molar-refractivity contribution in [3.63, 3.8) is 0 Å². The van der Waals surface area contributed by atoms with Crippen molar-refractivity contribution in [1.82, 2.24) is 10.2 Å². The minimum Gasteiger partial charge on any atom is -0.311 e. The van der Waals surface area contributed by atoms with Crippen LogP contribution in [0, 0.1) is 5.41 Å². The van der Waals surface area contributed by atoms with Crippen LogP contribution >= 0.6 is 0 Å². The van der Waals surface area contributed by atoms with Gasteiger partial charge >= 0.3 is 0 Å². The van der Waals surface area contributed by atoms with Crippen LogP contribution < -0.4 is 5.32 Å². The van der Waals surface area contributed by atoms with Crippen molar-refractivity contribution in [2.45, 2.75) is 65.8 Å². The number of likely N-dealkylation sites (tertiary alicyclic amines) is 1. The first-order chi connectivity index (χ1) is 7.85. The van der Waals surface area contributed by atoms with E-state index in [1.807, 2.05) is 0 Å². The lowest BCUT2D eigenvalue weighted by molar-refractivity contribution is 0.128. The third-order valence-corrected chi connectivity index (χ3v) is 3.95. The zero-order valence-corrected chi connectivity index (χ0v) is 12.6. The zero-order chi connectivity index (χ0) is 12.9. The fourth-order valence-corrected chi connectivity index (χ4v) is 2.43. The molecule has 1 fully saturated rings. The van der Waals surface area contributed by atoms with Gasteiger partial charge in [0, 0.05) is 18.6 Å². The molecule has 0 spiro atoms. The average Bonchev–Trinajstić information content (AvgIpc) is 2.27. The van der Waals surface area contributed by atoms with Gasteiger partial charge in [0.1, 0.15) is 0 Å². The van der Waals surface area contributed by atoms with Crippen LogP contribution in [0.25, 0.3) is 0 Å². The first kappa shape index (κ1) is 15.0. The molecule has 102 valence electrons. The largest absolute Gasteiger partial charge is 0.311 e. The summed E-state index contributed by atoms with van der Waals surface area (Å²) in [5.74, 6) is 0. The van der Waals surface area contributed by atoms with Crippen molar-refractivity contribution >= 4 is 0 Å². The maximum absolute atomic E-state index is 3.68. The van der Waals surface area contributed by atoms with Crippen LogP contribution in [-0.2, 0) is 0 Å². The first-order valence-corrected chi connectivity index (χ1v) is 7.32. The Kier molecular flexibility index (Phi) is 5.46. The zero-order valence-electron chi connectivity index (χ0n) is 12.6. The Hall–Kier alpha value is -0.0800. The molecule has 0 aliphatic carbocycles. The van der Waals surface area contributed by atoms with E-state index in [0.717, 1.165) is 6.54 Å². The normalized spacial score (nSPS) is 22.4. The molecule has 0 amide bonds. The van der Waals surface area contributed by atoms with Gasteiger partial charge < -0.3 is 10.2 Å². The number of hydrogen-bond donors (Lipinski definition) is 1. The third-order valence-electron chi connectivity index (χ3n) is 3.95. The number of nitrogens with zero attached hydrogens (tertiary/aromatic N) is 1. The van der Waals surface area contributed by atoms with Crippen molar-refractivity contribution in [3.8, 4) is 0 Å². The standard InChI is InChI=1S/C15H32N2/c1-6-15(5,12-16-14(2,3)4)13-17-10-8-7-9-11-17/h16H,6-13H2,1-5H3. The summed E-state index contributed by atoms with van der Waals surface area (Å²) < 4.78 is 0. The molecule has 0 bridgehead atoms. The summed E-state index contributed by atoms with van der Waals surface area (Å²) in [5, 5.41) is 3.68.